The lowest BCUT2D eigenvalue weighted by Gasteiger charge is -2.36. The normalized spacial score (nSPS) is 24.6. The molecule has 0 aromatic carbocycles. The molecule has 0 aliphatic carbocycles. The van der Waals surface area contributed by atoms with Crippen molar-refractivity contribution in [3.05, 3.63) is 16.3 Å². The zero-order chi connectivity index (χ0) is 15.6. The first-order valence-corrected chi connectivity index (χ1v) is 10.6. The second kappa shape index (κ2) is 7.00. The molecule has 1 aliphatic rings. The predicted molar refractivity (Wildman–Crippen MR) is 91.6 cm³/mol. The van der Waals surface area contributed by atoms with Crippen molar-refractivity contribution in [3.63, 3.8) is 0 Å². The SMILES string of the molecule is CC(C)NCc1sccc1S(=O)(=O)N1CCSC(C)C1C. The minimum absolute atomic E-state index is 0.0413. The number of nitrogens with zero attached hydrogens (tertiary/aromatic N) is 1. The number of nitrogens with one attached hydrogen (secondary N) is 1. The summed E-state index contributed by atoms with van der Waals surface area (Å²) >= 11 is 3.36. The van der Waals surface area contributed by atoms with Crippen LogP contribution in [-0.2, 0) is 16.6 Å². The van der Waals surface area contributed by atoms with E-state index in [9.17, 15) is 8.42 Å². The quantitative estimate of drug-likeness (QED) is 0.889. The van der Waals surface area contributed by atoms with Crippen LogP contribution in [0.3, 0.4) is 0 Å². The van der Waals surface area contributed by atoms with Crippen molar-refractivity contribution in [2.75, 3.05) is 12.3 Å². The Morgan fingerprint density at radius 2 is 2.14 bits per heavy atom. The van der Waals surface area contributed by atoms with Crippen LogP contribution in [0.1, 0.15) is 32.6 Å². The number of hydrogen-bond acceptors (Lipinski definition) is 5. The molecule has 1 fully saturated rings. The van der Waals surface area contributed by atoms with E-state index in [-0.39, 0.29) is 6.04 Å². The fraction of sp³-hybridized carbons (Fsp3) is 0.714. The highest BCUT2D eigenvalue weighted by molar-refractivity contribution is 8.00. The number of rotatable bonds is 5. The molecule has 21 heavy (non-hydrogen) atoms. The lowest BCUT2D eigenvalue weighted by Crippen LogP contribution is -2.47. The van der Waals surface area contributed by atoms with Gasteiger partial charge in [0, 0.05) is 41.1 Å². The Morgan fingerprint density at radius 1 is 1.43 bits per heavy atom. The average Bonchev–Trinajstić information content (AvgIpc) is 2.88. The first-order chi connectivity index (χ1) is 9.84. The minimum Gasteiger partial charge on any atom is -0.310 e. The molecule has 4 nitrogen and oxygen atoms in total. The van der Waals surface area contributed by atoms with Crippen LogP contribution in [-0.4, -0.2) is 42.4 Å². The molecule has 0 amide bonds. The summed E-state index contributed by atoms with van der Waals surface area (Å²) in [5.74, 6) is 0.869. The van der Waals surface area contributed by atoms with Crippen LogP contribution in [0.15, 0.2) is 16.3 Å². The zero-order valence-corrected chi connectivity index (χ0v) is 15.4. The molecule has 0 radical (unpaired) electrons. The van der Waals surface area contributed by atoms with Crippen LogP contribution >= 0.6 is 23.1 Å². The van der Waals surface area contributed by atoms with Gasteiger partial charge in [0.05, 0.1) is 4.90 Å². The molecule has 0 saturated carbocycles. The van der Waals surface area contributed by atoms with Crippen LogP contribution in [0, 0.1) is 0 Å². The third-order valence-electron chi connectivity index (χ3n) is 3.79. The molecule has 1 aromatic heterocycles. The smallest absolute Gasteiger partial charge is 0.244 e. The second-order valence-corrected chi connectivity index (χ2v) is 10.0. The van der Waals surface area contributed by atoms with E-state index in [4.69, 9.17) is 0 Å². The van der Waals surface area contributed by atoms with E-state index in [1.807, 2.05) is 24.1 Å². The first-order valence-electron chi connectivity index (χ1n) is 7.27. The van der Waals surface area contributed by atoms with Gasteiger partial charge in [-0.2, -0.15) is 16.1 Å². The molecule has 120 valence electrons. The Hall–Kier alpha value is -0.0800. The summed E-state index contributed by atoms with van der Waals surface area (Å²) in [6.45, 7) is 9.45. The highest BCUT2D eigenvalue weighted by atomic mass is 32.2. The maximum atomic E-state index is 13.0. The van der Waals surface area contributed by atoms with Gasteiger partial charge in [0.1, 0.15) is 0 Å². The number of sulfonamides is 1. The molecule has 7 heteroatoms. The third kappa shape index (κ3) is 3.82. The summed E-state index contributed by atoms with van der Waals surface area (Å²) < 4.78 is 27.6. The molecule has 0 spiro atoms. The monoisotopic (exact) mass is 348 g/mol. The van der Waals surface area contributed by atoms with Gasteiger partial charge in [-0.3, -0.25) is 0 Å². The summed E-state index contributed by atoms with van der Waals surface area (Å²) in [7, 11) is -3.39. The average molecular weight is 349 g/mol. The van der Waals surface area contributed by atoms with Crippen molar-refractivity contribution in [1.82, 2.24) is 9.62 Å². The van der Waals surface area contributed by atoms with Gasteiger partial charge in [0.15, 0.2) is 0 Å². The lowest BCUT2D eigenvalue weighted by molar-refractivity contribution is 0.340. The zero-order valence-electron chi connectivity index (χ0n) is 13.0. The lowest BCUT2D eigenvalue weighted by atomic mass is 10.2. The Morgan fingerprint density at radius 3 is 2.81 bits per heavy atom. The van der Waals surface area contributed by atoms with Crippen LogP contribution in [0.4, 0.5) is 0 Å². The third-order valence-corrected chi connectivity index (χ3v) is 8.25. The van der Waals surface area contributed by atoms with Crippen molar-refractivity contribution < 1.29 is 8.42 Å². The van der Waals surface area contributed by atoms with Crippen molar-refractivity contribution in [2.45, 2.75) is 56.5 Å². The van der Waals surface area contributed by atoms with Crippen molar-refractivity contribution in [2.24, 2.45) is 0 Å². The second-order valence-electron chi connectivity index (χ2n) is 5.68. The maximum Gasteiger partial charge on any atom is 0.244 e. The molecule has 1 N–H and O–H groups in total. The van der Waals surface area contributed by atoms with Gasteiger partial charge in [-0.05, 0) is 18.4 Å². The van der Waals surface area contributed by atoms with E-state index < -0.39 is 10.0 Å². The highest BCUT2D eigenvalue weighted by Gasteiger charge is 2.36. The Kier molecular flexibility index (Phi) is 5.76. The van der Waals surface area contributed by atoms with E-state index in [0.29, 0.717) is 29.3 Å². The van der Waals surface area contributed by atoms with Crippen LogP contribution < -0.4 is 5.32 Å². The molecule has 2 unspecified atom stereocenters. The van der Waals surface area contributed by atoms with Gasteiger partial charge < -0.3 is 5.32 Å². The van der Waals surface area contributed by atoms with E-state index in [0.717, 1.165) is 10.6 Å². The molecule has 0 bridgehead atoms. The van der Waals surface area contributed by atoms with Gasteiger partial charge in [-0.15, -0.1) is 11.3 Å². The fourth-order valence-electron chi connectivity index (χ4n) is 2.36. The summed E-state index contributed by atoms with van der Waals surface area (Å²) in [5, 5.41) is 5.52. The van der Waals surface area contributed by atoms with Crippen LogP contribution in [0.25, 0.3) is 0 Å². The van der Waals surface area contributed by atoms with Gasteiger partial charge in [-0.1, -0.05) is 20.8 Å². The molecule has 1 aromatic rings. The van der Waals surface area contributed by atoms with Gasteiger partial charge in [0.2, 0.25) is 10.0 Å². The Bertz CT molecular complexity index is 569. The highest BCUT2D eigenvalue weighted by Crippen LogP contribution is 2.32. The Balaban J connectivity index is 2.25. The van der Waals surface area contributed by atoms with Crippen molar-refractivity contribution in [1.29, 1.82) is 0 Å². The predicted octanol–water partition coefficient (Wildman–Crippen LogP) is 2.76. The molecular weight excluding hydrogens is 324 g/mol. The van der Waals surface area contributed by atoms with E-state index in [2.05, 4.69) is 26.1 Å². The van der Waals surface area contributed by atoms with E-state index >= 15 is 0 Å². The van der Waals surface area contributed by atoms with Crippen LogP contribution in [0.5, 0.6) is 0 Å². The standard InChI is InChI=1S/C14H24N2O2S3/c1-10(2)15-9-13-14(5-7-20-13)21(17,18)16-6-8-19-12(4)11(16)3/h5,7,10-12,15H,6,8-9H2,1-4H3. The molecule has 2 atom stereocenters. The fourth-order valence-corrected chi connectivity index (χ4v) is 6.72. The number of thioether (sulfide) groups is 1. The summed E-state index contributed by atoms with van der Waals surface area (Å²) in [6.07, 6.45) is 0. The first kappa shape index (κ1) is 17.3. The summed E-state index contributed by atoms with van der Waals surface area (Å²) in [4.78, 5) is 1.38. The van der Waals surface area contributed by atoms with Gasteiger partial charge >= 0.3 is 0 Å². The maximum absolute atomic E-state index is 13.0. The summed E-state index contributed by atoms with van der Waals surface area (Å²) in [5.41, 5.74) is 0. The van der Waals surface area contributed by atoms with Crippen molar-refractivity contribution >= 4 is 33.1 Å². The van der Waals surface area contributed by atoms with Gasteiger partial charge in [-0.25, -0.2) is 8.42 Å². The van der Waals surface area contributed by atoms with Gasteiger partial charge in [0.25, 0.3) is 0 Å². The molecule has 1 saturated heterocycles. The largest absolute Gasteiger partial charge is 0.310 e. The topological polar surface area (TPSA) is 49.4 Å². The molecule has 1 aliphatic heterocycles. The molecule has 2 rings (SSSR count). The summed E-state index contributed by atoms with van der Waals surface area (Å²) in [6, 6.07) is 2.13. The molecular formula is C14H24N2O2S3. The Labute approximate surface area is 136 Å². The van der Waals surface area contributed by atoms with Crippen LogP contribution in [0.2, 0.25) is 0 Å². The minimum atomic E-state index is -3.39. The number of hydrogen-bond donors (Lipinski definition) is 1. The van der Waals surface area contributed by atoms with E-state index in [1.165, 1.54) is 11.3 Å². The molecule has 2 heterocycles. The van der Waals surface area contributed by atoms with E-state index in [1.54, 1.807) is 10.4 Å². The number of thiophene rings is 1. The van der Waals surface area contributed by atoms with Crippen molar-refractivity contribution in [3.8, 4) is 0 Å².